The van der Waals surface area contributed by atoms with Gasteiger partial charge < -0.3 is 9.88 Å². The molecular weight excluding hydrogens is 338 g/mol. The number of urea groups is 1. The molecule has 0 radical (unpaired) electrons. The molecule has 0 aliphatic carbocycles. The highest BCUT2D eigenvalue weighted by molar-refractivity contribution is 7.99. The highest BCUT2D eigenvalue weighted by Gasteiger charge is 2.26. The van der Waals surface area contributed by atoms with Gasteiger partial charge in [-0.1, -0.05) is 48.2 Å². The third kappa shape index (κ3) is 4.08. The van der Waals surface area contributed by atoms with Gasteiger partial charge >= 0.3 is 6.03 Å². The lowest BCUT2D eigenvalue weighted by atomic mass is 10.1. The highest BCUT2D eigenvalue weighted by atomic mass is 32.2. The van der Waals surface area contributed by atoms with Gasteiger partial charge in [0.2, 0.25) is 5.91 Å². The first-order valence-corrected chi connectivity index (χ1v) is 8.95. The summed E-state index contributed by atoms with van der Waals surface area (Å²) in [5.41, 5.74) is 1.14. The molecule has 7 nitrogen and oxygen atoms in total. The van der Waals surface area contributed by atoms with Gasteiger partial charge in [0, 0.05) is 26.1 Å². The van der Waals surface area contributed by atoms with Crippen molar-refractivity contribution in [2.75, 3.05) is 18.8 Å². The van der Waals surface area contributed by atoms with Crippen molar-refractivity contribution < 1.29 is 9.59 Å². The van der Waals surface area contributed by atoms with Crippen LogP contribution in [0.1, 0.15) is 11.4 Å². The number of allylic oxidation sites excluding steroid dienone is 1. The summed E-state index contributed by atoms with van der Waals surface area (Å²) in [5.74, 6) is 0.742. The van der Waals surface area contributed by atoms with Crippen molar-refractivity contribution in [3.63, 3.8) is 0 Å². The van der Waals surface area contributed by atoms with Crippen LogP contribution in [-0.4, -0.2) is 50.4 Å². The number of nitrogens with zero attached hydrogens (tertiary/aromatic N) is 4. The molecule has 0 spiro atoms. The standard InChI is InChI=1S/C17H19N5O2S/c1-2-9-21-14(11-13-6-4-3-5-7-13)19-20-17(21)25-12-15(23)22-10-8-18-16(22)24/h2-7H,1,8-12H2,(H,18,24). The van der Waals surface area contributed by atoms with E-state index in [1.165, 1.54) is 16.7 Å². The third-order valence-corrected chi connectivity index (χ3v) is 4.74. The SMILES string of the molecule is C=CCn1c(Cc2ccccc2)nnc1SCC(=O)N1CCNC1=O. The zero-order chi connectivity index (χ0) is 17.6. The fourth-order valence-corrected chi connectivity index (χ4v) is 3.40. The second-order valence-electron chi connectivity index (χ2n) is 5.53. The second-order valence-corrected chi connectivity index (χ2v) is 6.47. The average molecular weight is 357 g/mol. The Kier molecular flexibility index (Phi) is 5.49. The minimum Gasteiger partial charge on any atom is -0.336 e. The van der Waals surface area contributed by atoms with Crippen LogP contribution >= 0.6 is 11.8 Å². The summed E-state index contributed by atoms with van der Waals surface area (Å²) < 4.78 is 1.95. The van der Waals surface area contributed by atoms with Crippen molar-refractivity contribution in [3.8, 4) is 0 Å². The Labute approximate surface area is 150 Å². The molecule has 0 bridgehead atoms. The van der Waals surface area contributed by atoms with Crippen LogP contribution in [0.25, 0.3) is 0 Å². The predicted octanol–water partition coefficient (Wildman–Crippen LogP) is 1.70. The van der Waals surface area contributed by atoms with Crippen molar-refractivity contribution in [2.45, 2.75) is 18.1 Å². The van der Waals surface area contributed by atoms with Crippen LogP contribution < -0.4 is 5.32 Å². The predicted molar refractivity (Wildman–Crippen MR) is 95.3 cm³/mol. The van der Waals surface area contributed by atoms with Crippen molar-refractivity contribution >= 4 is 23.7 Å². The number of nitrogens with one attached hydrogen (secondary N) is 1. The average Bonchev–Trinajstić information content (AvgIpc) is 3.21. The summed E-state index contributed by atoms with van der Waals surface area (Å²) in [4.78, 5) is 24.9. The number of hydrogen-bond donors (Lipinski definition) is 1. The minimum absolute atomic E-state index is 0.147. The third-order valence-electron chi connectivity index (χ3n) is 3.79. The summed E-state index contributed by atoms with van der Waals surface area (Å²) in [6.07, 6.45) is 2.43. The number of thioether (sulfide) groups is 1. The summed E-state index contributed by atoms with van der Waals surface area (Å²) in [7, 11) is 0. The molecule has 1 aromatic carbocycles. The van der Waals surface area contributed by atoms with E-state index < -0.39 is 0 Å². The lowest BCUT2D eigenvalue weighted by Crippen LogP contribution is -2.35. The number of benzene rings is 1. The van der Waals surface area contributed by atoms with E-state index in [0.717, 1.165) is 11.4 Å². The lowest BCUT2D eigenvalue weighted by molar-refractivity contribution is -0.124. The van der Waals surface area contributed by atoms with Crippen molar-refractivity contribution in [3.05, 3.63) is 54.4 Å². The summed E-state index contributed by atoms with van der Waals surface area (Å²) in [5, 5.41) is 11.7. The van der Waals surface area contributed by atoms with E-state index >= 15 is 0 Å². The van der Waals surface area contributed by atoms with Gasteiger partial charge in [0.05, 0.1) is 5.75 Å². The molecule has 1 N–H and O–H groups in total. The first-order valence-electron chi connectivity index (χ1n) is 7.97. The summed E-state index contributed by atoms with van der Waals surface area (Å²) in [6.45, 7) is 5.26. The molecule has 1 aliphatic rings. The maximum absolute atomic E-state index is 12.2. The molecule has 1 aliphatic heterocycles. The Morgan fingerprint density at radius 2 is 2.12 bits per heavy atom. The quantitative estimate of drug-likeness (QED) is 0.603. The molecule has 1 saturated heterocycles. The molecule has 0 unspecified atom stereocenters. The van der Waals surface area contributed by atoms with Crippen LogP contribution in [-0.2, 0) is 17.8 Å². The number of aromatic nitrogens is 3. The Bertz CT molecular complexity index is 775. The Morgan fingerprint density at radius 1 is 1.32 bits per heavy atom. The van der Waals surface area contributed by atoms with Crippen molar-refractivity contribution in [2.24, 2.45) is 0 Å². The largest absolute Gasteiger partial charge is 0.336 e. The van der Waals surface area contributed by atoms with E-state index in [2.05, 4.69) is 22.1 Å². The van der Waals surface area contributed by atoms with Gasteiger partial charge in [-0.25, -0.2) is 4.79 Å². The van der Waals surface area contributed by atoms with Gasteiger partial charge in [-0.2, -0.15) is 0 Å². The first kappa shape index (κ1) is 17.2. The van der Waals surface area contributed by atoms with Crippen LogP contribution in [0.5, 0.6) is 0 Å². The van der Waals surface area contributed by atoms with Gasteiger partial charge in [0.25, 0.3) is 0 Å². The minimum atomic E-state index is -0.331. The van der Waals surface area contributed by atoms with Gasteiger partial charge in [-0.15, -0.1) is 16.8 Å². The highest BCUT2D eigenvalue weighted by Crippen LogP contribution is 2.20. The van der Waals surface area contributed by atoms with Crippen LogP contribution in [0.3, 0.4) is 0 Å². The van der Waals surface area contributed by atoms with E-state index in [0.29, 0.717) is 31.2 Å². The second kappa shape index (κ2) is 7.98. The molecule has 2 heterocycles. The van der Waals surface area contributed by atoms with Crippen LogP contribution in [0.4, 0.5) is 4.79 Å². The number of rotatable bonds is 7. The number of imide groups is 1. The van der Waals surface area contributed by atoms with Gasteiger partial charge in [-0.05, 0) is 5.56 Å². The fourth-order valence-electron chi connectivity index (χ4n) is 2.56. The zero-order valence-corrected chi connectivity index (χ0v) is 14.5. The van der Waals surface area contributed by atoms with Crippen molar-refractivity contribution in [1.29, 1.82) is 0 Å². The van der Waals surface area contributed by atoms with Crippen LogP contribution in [0, 0.1) is 0 Å². The molecule has 3 rings (SSSR count). The zero-order valence-electron chi connectivity index (χ0n) is 13.7. The van der Waals surface area contributed by atoms with Crippen LogP contribution in [0.15, 0.2) is 48.1 Å². The van der Waals surface area contributed by atoms with Gasteiger partial charge in [0.1, 0.15) is 5.82 Å². The van der Waals surface area contributed by atoms with Gasteiger partial charge in [-0.3, -0.25) is 9.69 Å². The first-order chi connectivity index (χ1) is 12.2. The fraction of sp³-hybridized carbons (Fsp3) is 0.294. The van der Waals surface area contributed by atoms with E-state index in [9.17, 15) is 9.59 Å². The van der Waals surface area contributed by atoms with E-state index in [4.69, 9.17) is 0 Å². The summed E-state index contributed by atoms with van der Waals surface area (Å²) in [6, 6.07) is 9.69. The monoisotopic (exact) mass is 357 g/mol. The molecule has 0 atom stereocenters. The molecular formula is C17H19N5O2S. The molecule has 1 aromatic heterocycles. The molecule has 130 valence electrons. The maximum atomic E-state index is 12.2. The smallest absolute Gasteiger partial charge is 0.324 e. The number of hydrogen-bond acceptors (Lipinski definition) is 5. The van der Waals surface area contributed by atoms with E-state index in [1.807, 2.05) is 34.9 Å². The molecule has 2 aromatic rings. The van der Waals surface area contributed by atoms with E-state index in [1.54, 1.807) is 6.08 Å². The number of carbonyl (C=O) groups is 2. The van der Waals surface area contributed by atoms with Crippen molar-refractivity contribution in [1.82, 2.24) is 25.0 Å². The lowest BCUT2D eigenvalue weighted by Gasteiger charge is -2.12. The maximum Gasteiger partial charge on any atom is 0.324 e. The van der Waals surface area contributed by atoms with E-state index in [-0.39, 0.29) is 17.7 Å². The Balaban J connectivity index is 1.69. The molecule has 1 fully saturated rings. The van der Waals surface area contributed by atoms with Crippen LogP contribution in [0.2, 0.25) is 0 Å². The molecule has 3 amide bonds. The molecule has 0 saturated carbocycles. The topological polar surface area (TPSA) is 80.1 Å². The normalized spacial score (nSPS) is 13.8. The number of amides is 3. The Hall–Kier alpha value is -2.61. The Morgan fingerprint density at radius 3 is 2.80 bits per heavy atom. The molecule has 25 heavy (non-hydrogen) atoms. The van der Waals surface area contributed by atoms with Gasteiger partial charge in [0.15, 0.2) is 5.16 Å². The number of carbonyl (C=O) groups excluding carboxylic acids is 2. The molecule has 8 heteroatoms. The summed E-state index contributed by atoms with van der Waals surface area (Å²) >= 11 is 1.29.